The van der Waals surface area contributed by atoms with Crippen LogP contribution in [0.2, 0.25) is 13.1 Å². The molecule has 2 saturated carbocycles. The van der Waals surface area contributed by atoms with Crippen molar-refractivity contribution in [2.75, 3.05) is 0 Å². The summed E-state index contributed by atoms with van der Waals surface area (Å²) in [6.45, 7) is 9.37. The van der Waals surface area contributed by atoms with Gasteiger partial charge in [0.2, 0.25) is 0 Å². The van der Waals surface area contributed by atoms with Gasteiger partial charge in [0.1, 0.15) is 0 Å². The van der Waals surface area contributed by atoms with E-state index in [0.29, 0.717) is 10.8 Å². The smallest absolute Gasteiger partial charge is 1.00 e. The summed E-state index contributed by atoms with van der Waals surface area (Å²) in [6, 6.07) is 45.3. The van der Waals surface area contributed by atoms with Crippen molar-refractivity contribution >= 4 is 27.0 Å². The van der Waals surface area contributed by atoms with Gasteiger partial charge in [0, 0.05) is 0 Å². The minimum atomic E-state index is 0. The van der Waals surface area contributed by atoms with Crippen molar-refractivity contribution in [1.29, 1.82) is 0 Å². The zero-order valence-electron chi connectivity index (χ0n) is 38.9. The molecule has 0 N–H and O–H groups in total. The molecule has 62 heavy (non-hydrogen) atoms. The molecule has 0 saturated heterocycles. The molecule has 2 aliphatic rings. The first-order valence-electron chi connectivity index (χ1n) is 24.3. The van der Waals surface area contributed by atoms with E-state index in [1.54, 1.807) is 34.5 Å². The number of fused-ring (bicyclic) bond motifs is 2. The molecular formula is C58H76Cl2SiZr-2. The molecule has 6 aromatic rings. The largest absolute Gasteiger partial charge is 1.00 e. The van der Waals surface area contributed by atoms with E-state index in [1.807, 2.05) is 0 Å². The Kier molecular flexibility index (Phi) is 23.1. The van der Waals surface area contributed by atoms with Crippen LogP contribution in [0.4, 0.5) is 0 Å². The predicted molar refractivity (Wildman–Crippen MR) is 263 cm³/mol. The average Bonchev–Trinajstić information content (AvgIpc) is 3.90. The van der Waals surface area contributed by atoms with Crippen LogP contribution in [0.25, 0.3) is 43.8 Å². The molecule has 0 heterocycles. The summed E-state index contributed by atoms with van der Waals surface area (Å²) in [7, 11) is 0. The van der Waals surface area contributed by atoms with Crippen LogP contribution in [0.5, 0.6) is 0 Å². The van der Waals surface area contributed by atoms with Crippen LogP contribution < -0.4 is 24.8 Å². The van der Waals surface area contributed by atoms with E-state index in [4.69, 9.17) is 0 Å². The number of hydrogen-bond acceptors (Lipinski definition) is 0. The fourth-order valence-corrected chi connectivity index (χ4v) is 11.2. The summed E-state index contributed by atoms with van der Waals surface area (Å²) < 4.78 is 0. The minimum Gasteiger partial charge on any atom is -1.00 e. The van der Waals surface area contributed by atoms with Gasteiger partial charge >= 0.3 is 41.9 Å². The van der Waals surface area contributed by atoms with Crippen molar-refractivity contribution in [3.63, 3.8) is 0 Å². The summed E-state index contributed by atoms with van der Waals surface area (Å²) in [6.07, 6.45) is 30.9. The second kappa shape index (κ2) is 27.3. The molecule has 0 bridgehead atoms. The number of hydrogen-bond donors (Lipinski definition) is 0. The van der Waals surface area contributed by atoms with E-state index in [9.17, 15) is 0 Å². The topological polar surface area (TPSA) is 0 Å². The normalized spacial score (nSPS) is 16.5. The second-order valence-corrected chi connectivity index (χ2v) is 28.5. The van der Waals surface area contributed by atoms with Crippen LogP contribution >= 0.6 is 0 Å². The van der Waals surface area contributed by atoms with Crippen LogP contribution in [0.15, 0.2) is 121 Å². The first-order chi connectivity index (χ1) is 29.3. The van der Waals surface area contributed by atoms with E-state index in [2.05, 4.69) is 148 Å². The van der Waals surface area contributed by atoms with Gasteiger partial charge in [-0.1, -0.05) is 188 Å². The van der Waals surface area contributed by atoms with Crippen LogP contribution in [-0.4, -0.2) is 5.43 Å². The molecule has 8 rings (SSSR count). The Morgan fingerprint density at radius 3 is 1.11 bits per heavy atom. The predicted octanol–water partition coefficient (Wildman–Crippen LogP) is 12.2. The molecule has 6 aromatic carbocycles. The van der Waals surface area contributed by atoms with Crippen molar-refractivity contribution in [3.8, 4) is 22.3 Å². The van der Waals surface area contributed by atoms with Crippen LogP contribution in [0.1, 0.15) is 153 Å². The first kappa shape index (κ1) is 52.4. The first-order valence-corrected chi connectivity index (χ1v) is 30.5. The Bertz CT molecular complexity index is 1990. The molecule has 0 unspecified atom stereocenters. The maximum atomic E-state index is 2.50. The number of halogens is 2. The van der Waals surface area contributed by atoms with Gasteiger partial charge in [0.15, 0.2) is 0 Å². The van der Waals surface area contributed by atoms with Crippen molar-refractivity contribution < 1.29 is 48.1 Å². The minimum absolute atomic E-state index is 0. The van der Waals surface area contributed by atoms with Crippen molar-refractivity contribution in [3.05, 3.63) is 132 Å². The molecule has 0 nitrogen and oxygen atoms in total. The molecule has 0 amide bonds. The molecule has 0 aromatic heterocycles. The Hall–Kier alpha value is -2.22. The standard InChI is InChI=1S/2C28H35.C2H6Si.2ClH.Zr/c2*1-2-17-28(18-10-5-3-4-6-11-19-28)22-23-20-25-15-12-16-26(27(25)21-23)24-13-8-7-9-14-24;1-3-2;;;/h2*7-9,12-16,20-21H,2-6,10-11,17-19,22H2,1H3;1-2H3;2*1H;/q2*-1;;;;+2/p-2. The maximum Gasteiger partial charge on any atom is -1.00 e. The fraction of sp³-hybridized carbons (Fsp3) is 0.483. The molecule has 332 valence electrons. The maximum absolute atomic E-state index is 2.50. The Morgan fingerprint density at radius 1 is 0.468 bits per heavy atom. The van der Waals surface area contributed by atoms with E-state index in [-0.39, 0.29) is 30.2 Å². The second-order valence-electron chi connectivity index (χ2n) is 19.2. The Balaban J connectivity index is 0.000000244. The van der Waals surface area contributed by atoms with Gasteiger partial charge in [-0.25, -0.2) is 0 Å². The van der Waals surface area contributed by atoms with Crippen LogP contribution in [0.3, 0.4) is 0 Å². The van der Waals surface area contributed by atoms with Gasteiger partial charge in [0.05, 0.1) is 0 Å². The summed E-state index contributed by atoms with van der Waals surface area (Å²) in [5, 5.41) is 5.67. The van der Waals surface area contributed by atoms with Crippen molar-refractivity contribution in [2.45, 2.75) is 168 Å². The van der Waals surface area contributed by atoms with Crippen molar-refractivity contribution in [1.82, 2.24) is 0 Å². The van der Waals surface area contributed by atoms with Gasteiger partial charge < -0.3 is 24.8 Å². The fourth-order valence-electron chi connectivity index (χ4n) is 11.2. The molecule has 2 aliphatic carbocycles. The molecule has 2 fully saturated rings. The summed E-state index contributed by atoms with van der Waals surface area (Å²) in [5.41, 5.74) is 9.80. The molecule has 0 aliphatic heterocycles. The SMILES string of the molecule is CCCC1(Cc2cc3c(-c4ccccc4)cccc3[cH-]2)CCCCCCCC1.CCCC1(Cc2cc3c(-c4ccccc4)cccc3[cH-]2)CCCCCCCC1.C[Si](C)=[Zr+2].[Cl-].[Cl-]. The van der Waals surface area contributed by atoms with E-state index < -0.39 is 0 Å². The van der Waals surface area contributed by atoms with Gasteiger partial charge in [-0.2, -0.15) is 12.1 Å². The zero-order chi connectivity index (χ0) is 42.0. The summed E-state index contributed by atoms with van der Waals surface area (Å²) >= 11 is 1.74. The molecule has 4 heteroatoms. The third kappa shape index (κ3) is 15.5. The molecule has 0 atom stereocenters. The van der Waals surface area contributed by atoms with E-state index in [1.165, 1.54) is 185 Å². The number of benzene rings is 4. The third-order valence-electron chi connectivity index (χ3n) is 13.8. The Labute approximate surface area is 405 Å². The van der Waals surface area contributed by atoms with E-state index >= 15 is 0 Å². The third-order valence-corrected chi connectivity index (χ3v) is 13.8. The molecular weight excluding hydrogens is 887 g/mol. The summed E-state index contributed by atoms with van der Waals surface area (Å²) in [5.74, 6) is 0. The molecule has 0 spiro atoms. The van der Waals surface area contributed by atoms with Gasteiger partial charge in [-0.15, -0.1) is 69.1 Å². The summed E-state index contributed by atoms with van der Waals surface area (Å²) in [4.78, 5) is 0. The van der Waals surface area contributed by atoms with Crippen molar-refractivity contribution in [2.24, 2.45) is 10.8 Å². The van der Waals surface area contributed by atoms with Crippen LogP contribution in [0, 0.1) is 10.8 Å². The Morgan fingerprint density at radius 2 is 0.790 bits per heavy atom. The van der Waals surface area contributed by atoms with Crippen LogP contribution in [-0.2, 0) is 36.2 Å². The van der Waals surface area contributed by atoms with E-state index in [0.717, 1.165) is 0 Å². The average molecular weight is 963 g/mol. The van der Waals surface area contributed by atoms with Gasteiger partial charge in [-0.05, 0) is 73.3 Å². The van der Waals surface area contributed by atoms with Gasteiger partial charge in [-0.3, -0.25) is 0 Å². The zero-order valence-corrected chi connectivity index (χ0v) is 43.8. The van der Waals surface area contributed by atoms with Gasteiger partial charge in [0.25, 0.3) is 0 Å². The number of rotatable bonds is 10. The quantitative estimate of drug-likeness (QED) is 0.0948. The monoisotopic (exact) mass is 960 g/mol. The molecule has 0 radical (unpaired) electrons.